The molecular formula is C16H15ClN4O. The lowest BCUT2D eigenvalue weighted by Crippen LogP contribution is -2.17. The summed E-state index contributed by atoms with van der Waals surface area (Å²) in [6, 6.07) is 7.25. The van der Waals surface area contributed by atoms with E-state index in [9.17, 15) is 4.79 Å². The number of hydrogen-bond acceptors (Lipinski definition) is 3. The van der Waals surface area contributed by atoms with Gasteiger partial charge >= 0.3 is 0 Å². The molecule has 0 aliphatic carbocycles. The molecule has 6 heteroatoms. The lowest BCUT2D eigenvalue weighted by molar-refractivity contribution is 0.102. The fourth-order valence-corrected chi connectivity index (χ4v) is 2.42. The highest BCUT2D eigenvalue weighted by molar-refractivity contribution is 6.30. The van der Waals surface area contributed by atoms with Crippen LogP contribution < -0.4 is 5.32 Å². The van der Waals surface area contributed by atoms with E-state index in [4.69, 9.17) is 11.6 Å². The number of pyridine rings is 2. The largest absolute Gasteiger partial charge is 0.305 e. The minimum absolute atomic E-state index is 0.233. The molecule has 5 nitrogen and oxygen atoms in total. The lowest BCUT2D eigenvalue weighted by atomic mass is 10.2. The normalized spacial score (nSPS) is 10.9. The fourth-order valence-electron chi connectivity index (χ4n) is 2.31. The molecule has 0 aromatic carbocycles. The molecule has 3 aromatic rings. The quantitative estimate of drug-likeness (QED) is 0.805. The third-order valence-corrected chi connectivity index (χ3v) is 3.60. The van der Waals surface area contributed by atoms with Crippen LogP contribution in [0.2, 0.25) is 5.02 Å². The van der Waals surface area contributed by atoms with Crippen molar-refractivity contribution in [2.45, 2.75) is 20.3 Å². The third-order valence-electron chi connectivity index (χ3n) is 3.37. The minimum Gasteiger partial charge on any atom is -0.305 e. The molecule has 0 unspecified atom stereocenters. The van der Waals surface area contributed by atoms with Gasteiger partial charge in [0.2, 0.25) is 0 Å². The molecule has 3 aromatic heterocycles. The van der Waals surface area contributed by atoms with Crippen molar-refractivity contribution in [2.24, 2.45) is 0 Å². The number of rotatable bonds is 3. The Bertz CT molecular complexity index is 839. The number of aromatic nitrogens is 3. The Labute approximate surface area is 133 Å². The summed E-state index contributed by atoms with van der Waals surface area (Å²) in [6.45, 7) is 3.98. The second-order valence-corrected chi connectivity index (χ2v) is 5.45. The summed E-state index contributed by atoms with van der Waals surface area (Å²) < 4.78 is 1.80. The first-order valence-corrected chi connectivity index (χ1v) is 7.36. The van der Waals surface area contributed by atoms with Crippen molar-refractivity contribution in [3.05, 3.63) is 58.6 Å². The van der Waals surface area contributed by atoms with Gasteiger partial charge in [0.1, 0.15) is 17.2 Å². The number of amides is 1. The van der Waals surface area contributed by atoms with Gasteiger partial charge in [-0.3, -0.25) is 9.20 Å². The molecule has 0 atom stereocenters. The number of halogens is 1. The summed E-state index contributed by atoms with van der Waals surface area (Å²) in [5, 5.41) is 3.31. The van der Waals surface area contributed by atoms with Gasteiger partial charge in [-0.25, -0.2) is 9.97 Å². The Kier molecular flexibility index (Phi) is 3.81. The molecule has 0 aliphatic rings. The number of imidazole rings is 1. The Morgan fingerprint density at radius 2 is 2.18 bits per heavy atom. The summed E-state index contributed by atoms with van der Waals surface area (Å²) in [5.41, 5.74) is 3.17. The van der Waals surface area contributed by atoms with Crippen LogP contribution in [0.15, 0.2) is 36.7 Å². The maximum atomic E-state index is 12.6. The standard InChI is InChI=1S/C16H15ClN4O/c1-3-12-15(21-7-6-10(2)8-14(21)19-12)16(22)20-13-5-4-11(17)9-18-13/h4-9H,3H2,1-2H3,(H,18,20,22). The third kappa shape index (κ3) is 2.67. The highest BCUT2D eigenvalue weighted by Crippen LogP contribution is 2.17. The first-order valence-electron chi connectivity index (χ1n) is 6.99. The molecule has 0 saturated heterocycles. The minimum atomic E-state index is -0.233. The van der Waals surface area contributed by atoms with E-state index in [2.05, 4.69) is 15.3 Å². The molecular weight excluding hydrogens is 300 g/mol. The van der Waals surface area contributed by atoms with Gasteiger partial charge in [-0.15, -0.1) is 0 Å². The van der Waals surface area contributed by atoms with E-state index in [1.807, 2.05) is 32.2 Å². The van der Waals surface area contributed by atoms with Gasteiger partial charge in [0.15, 0.2) is 0 Å². The van der Waals surface area contributed by atoms with Gasteiger partial charge in [0.25, 0.3) is 5.91 Å². The predicted molar refractivity (Wildman–Crippen MR) is 86.5 cm³/mol. The Morgan fingerprint density at radius 3 is 2.86 bits per heavy atom. The molecule has 0 bridgehead atoms. The van der Waals surface area contributed by atoms with Crippen LogP contribution in [-0.4, -0.2) is 20.3 Å². The number of anilines is 1. The molecule has 0 radical (unpaired) electrons. The van der Waals surface area contributed by atoms with Gasteiger partial charge in [-0.05, 0) is 43.2 Å². The Morgan fingerprint density at radius 1 is 1.36 bits per heavy atom. The number of carbonyl (C=O) groups excluding carboxylic acids is 1. The van der Waals surface area contributed by atoms with Crippen molar-refractivity contribution in [3.8, 4) is 0 Å². The topological polar surface area (TPSA) is 59.3 Å². The average molecular weight is 315 g/mol. The highest BCUT2D eigenvalue weighted by atomic mass is 35.5. The number of hydrogen-bond donors (Lipinski definition) is 1. The Hall–Kier alpha value is -2.40. The second kappa shape index (κ2) is 5.77. The van der Waals surface area contributed by atoms with Gasteiger partial charge in [0.05, 0.1) is 10.7 Å². The number of carbonyl (C=O) groups is 1. The van der Waals surface area contributed by atoms with Crippen molar-refractivity contribution in [3.63, 3.8) is 0 Å². The van der Waals surface area contributed by atoms with Gasteiger partial charge in [0, 0.05) is 12.4 Å². The number of fused-ring (bicyclic) bond motifs is 1. The van der Waals surface area contributed by atoms with E-state index in [1.54, 1.807) is 16.5 Å². The Balaban J connectivity index is 2.00. The summed E-state index contributed by atoms with van der Waals surface area (Å²) in [6.07, 6.45) is 4.04. The van der Waals surface area contributed by atoms with E-state index >= 15 is 0 Å². The van der Waals surface area contributed by atoms with Crippen LogP contribution in [0.5, 0.6) is 0 Å². The molecule has 22 heavy (non-hydrogen) atoms. The van der Waals surface area contributed by atoms with Crippen LogP contribution in [0.1, 0.15) is 28.7 Å². The first-order chi connectivity index (χ1) is 10.6. The fraction of sp³-hybridized carbons (Fsp3) is 0.188. The number of aryl methyl sites for hydroxylation is 2. The summed E-state index contributed by atoms with van der Waals surface area (Å²) >= 11 is 5.80. The lowest BCUT2D eigenvalue weighted by Gasteiger charge is -2.06. The number of nitrogens with zero attached hydrogens (tertiary/aromatic N) is 3. The smallest absolute Gasteiger partial charge is 0.275 e. The van der Waals surface area contributed by atoms with Crippen LogP contribution in [0.3, 0.4) is 0 Å². The summed E-state index contributed by atoms with van der Waals surface area (Å²) in [5.74, 6) is 0.224. The number of nitrogens with one attached hydrogen (secondary N) is 1. The van der Waals surface area contributed by atoms with Crippen LogP contribution in [0.25, 0.3) is 5.65 Å². The van der Waals surface area contributed by atoms with Crippen LogP contribution in [0, 0.1) is 6.92 Å². The zero-order valence-electron chi connectivity index (χ0n) is 12.3. The zero-order valence-corrected chi connectivity index (χ0v) is 13.1. The van der Waals surface area contributed by atoms with Crippen LogP contribution in [0.4, 0.5) is 5.82 Å². The van der Waals surface area contributed by atoms with E-state index in [0.29, 0.717) is 23.0 Å². The summed E-state index contributed by atoms with van der Waals surface area (Å²) in [4.78, 5) is 21.2. The van der Waals surface area contributed by atoms with Crippen LogP contribution in [-0.2, 0) is 6.42 Å². The molecule has 0 aliphatic heterocycles. The van der Waals surface area contributed by atoms with E-state index < -0.39 is 0 Å². The predicted octanol–water partition coefficient (Wildman–Crippen LogP) is 3.51. The maximum absolute atomic E-state index is 12.6. The van der Waals surface area contributed by atoms with Crippen molar-refractivity contribution in [1.29, 1.82) is 0 Å². The van der Waals surface area contributed by atoms with E-state index in [0.717, 1.165) is 16.9 Å². The molecule has 112 valence electrons. The van der Waals surface area contributed by atoms with Gasteiger partial charge in [-0.2, -0.15) is 0 Å². The van der Waals surface area contributed by atoms with E-state index in [-0.39, 0.29) is 5.91 Å². The van der Waals surface area contributed by atoms with E-state index in [1.165, 1.54) is 6.20 Å². The molecule has 3 heterocycles. The molecule has 1 amide bonds. The van der Waals surface area contributed by atoms with Crippen molar-refractivity contribution in [1.82, 2.24) is 14.4 Å². The van der Waals surface area contributed by atoms with Gasteiger partial charge < -0.3 is 5.32 Å². The summed E-state index contributed by atoms with van der Waals surface area (Å²) in [7, 11) is 0. The molecule has 0 fully saturated rings. The average Bonchev–Trinajstić information content (AvgIpc) is 2.87. The molecule has 3 rings (SSSR count). The highest BCUT2D eigenvalue weighted by Gasteiger charge is 2.18. The maximum Gasteiger partial charge on any atom is 0.275 e. The monoisotopic (exact) mass is 314 g/mol. The second-order valence-electron chi connectivity index (χ2n) is 5.01. The van der Waals surface area contributed by atoms with Gasteiger partial charge in [-0.1, -0.05) is 18.5 Å². The SMILES string of the molecule is CCc1nc2cc(C)ccn2c1C(=O)Nc1ccc(Cl)cn1. The molecule has 1 N–H and O–H groups in total. The molecule has 0 spiro atoms. The molecule has 0 saturated carbocycles. The van der Waals surface area contributed by atoms with Crippen molar-refractivity contribution < 1.29 is 4.79 Å². The van der Waals surface area contributed by atoms with Crippen molar-refractivity contribution >= 4 is 29.0 Å². The van der Waals surface area contributed by atoms with Crippen molar-refractivity contribution in [2.75, 3.05) is 5.32 Å². The van der Waals surface area contributed by atoms with Crippen LogP contribution >= 0.6 is 11.6 Å². The first kappa shape index (κ1) is 14.5. The zero-order chi connectivity index (χ0) is 15.7.